The third kappa shape index (κ3) is 5.34. The van der Waals surface area contributed by atoms with Gasteiger partial charge in [-0.1, -0.05) is 39.8 Å². The van der Waals surface area contributed by atoms with Gasteiger partial charge in [-0.25, -0.2) is 0 Å². The minimum absolute atomic E-state index is 0.0425. The van der Waals surface area contributed by atoms with Crippen LogP contribution in [0.2, 0.25) is 0 Å². The van der Waals surface area contributed by atoms with Gasteiger partial charge in [0.05, 0.1) is 0 Å². The Morgan fingerprint density at radius 1 is 1.32 bits per heavy atom. The molecule has 1 aromatic rings. The fourth-order valence-electron chi connectivity index (χ4n) is 2.56. The summed E-state index contributed by atoms with van der Waals surface area (Å²) in [4.78, 5) is 4.50. The van der Waals surface area contributed by atoms with Gasteiger partial charge in [0.2, 0.25) is 0 Å². The van der Waals surface area contributed by atoms with Crippen molar-refractivity contribution in [2.24, 2.45) is 16.1 Å². The Bertz CT molecular complexity index is 479. The molecule has 0 aliphatic rings. The molecule has 0 radical (unpaired) electrons. The van der Waals surface area contributed by atoms with E-state index in [0.717, 1.165) is 24.9 Å². The van der Waals surface area contributed by atoms with Crippen LogP contribution in [0.1, 0.15) is 58.4 Å². The van der Waals surface area contributed by atoms with Crippen LogP contribution < -0.4 is 11.1 Å². The Hall–Kier alpha value is -1.55. The van der Waals surface area contributed by atoms with Gasteiger partial charge in [0.25, 0.3) is 0 Å². The Kier molecular flexibility index (Phi) is 7.39. The highest BCUT2D eigenvalue weighted by Gasteiger charge is 2.25. The zero-order chi connectivity index (χ0) is 16.6. The third-order valence-corrected chi connectivity index (χ3v) is 4.55. The first kappa shape index (κ1) is 18.5. The van der Waals surface area contributed by atoms with Crippen molar-refractivity contribution in [3.05, 3.63) is 29.8 Å². The van der Waals surface area contributed by atoms with Crippen molar-refractivity contribution in [3.8, 4) is 0 Å². The fourth-order valence-corrected chi connectivity index (χ4v) is 2.56. The molecule has 0 amide bonds. The number of nitrogens with two attached hydrogens (primary N) is 1. The summed E-state index contributed by atoms with van der Waals surface area (Å²) in [6.07, 6.45) is 2.74. The predicted molar refractivity (Wildman–Crippen MR) is 95.4 cm³/mol. The lowest BCUT2D eigenvalue weighted by Crippen LogP contribution is -2.29. The molecule has 0 atom stereocenters. The van der Waals surface area contributed by atoms with Gasteiger partial charge in [-0.15, -0.1) is 0 Å². The van der Waals surface area contributed by atoms with E-state index in [1.807, 2.05) is 12.1 Å². The molecule has 0 heterocycles. The molecule has 0 spiro atoms. The van der Waals surface area contributed by atoms with Gasteiger partial charge in [-0.05, 0) is 48.3 Å². The summed E-state index contributed by atoms with van der Waals surface area (Å²) in [5.74, 6) is 0.919. The highest BCUT2D eigenvalue weighted by atomic mass is 16.3. The van der Waals surface area contributed by atoms with Crippen LogP contribution in [0.25, 0.3) is 0 Å². The van der Waals surface area contributed by atoms with Crippen molar-refractivity contribution in [2.45, 2.75) is 52.9 Å². The van der Waals surface area contributed by atoms with Crippen LogP contribution in [0.4, 0.5) is 5.69 Å². The highest BCUT2D eigenvalue weighted by molar-refractivity contribution is 5.92. The molecule has 1 rings (SSSR count). The second kappa shape index (κ2) is 8.79. The first-order chi connectivity index (χ1) is 10.5. The number of aliphatic imine (C=N–C) groups is 1. The minimum atomic E-state index is 0.0425. The number of nitrogens with zero attached hydrogens (tertiary/aromatic N) is 1. The van der Waals surface area contributed by atoms with E-state index in [-0.39, 0.29) is 12.0 Å². The molecule has 0 aliphatic carbocycles. The number of benzene rings is 1. The largest absolute Gasteiger partial charge is 0.396 e. The molecule has 4 nitrogen and oxygen atoms in total. The number of aliphatic hydroxyl groups is 1. The zero-order valence-corrected chi connectivity index (χ0v) is 14.4. The maximum atomic E-state index is 9.25. The summed E-state index contributed by atoms with van der Waals surface area (Å²) in [6.45, 7) is 9.46. The van der Waals surface area contributed by atoms with Gasteiger partial charge in [0.15, 0.2) is 5.96 Å². The van der Waals surface area contributed by atoms with Crippen molar-refractivity contribution >= 4 is 11.6 Å². The zero-order valence-electron chi connectivity index (χ0n) is 14.4. The standard InChI is InChI=1S/C18H31N3O/c1-5-18(6-2,10-11-22)13-20-17(19)21-16-9-7-8-15(12-16)14(3)4/h7-9,12,14,22H,5-6,10-11,13H2,1-4H3,(H3,19,20,21). The van der Waals surface area contributed by atoms with Crippen LogP contribution in [0.15, 0.2) is 29.3 Å². The smallest absolute Gasteiger partial charge is 0.193 e. The molecule has 4 heteroatoms. The quantitative estimate of drug-likeness (QED) is 0.506. The van der Waals surface area contributed by atoms with Gasteiger partial charge < -0.3 is 16.2 Å². The second-order valence-corrected chi connectivity index (χ2v) is 6.29. The average Bonchev–Trinajstić information content (AvgIpc) is 2.52. The molecule has 1 aromatic carbocycles. The summed E-state index contributed by atoms with van der Waals surface area (Å²) in [5, 5.41) is 12.4. The van der Waals surface area contributed by atoms with Crippen LogP contribution in [-0.4, -0.2) is 24.2 Å². The van der Waals surface area contributed by atoms with Crippen molar-refractivity contribution in [1.29, 1.82) is 0 Å². The van der Waals surface area contributed by atoms with E-state index in [1.54, 1.807) is 0 Å². The van der Waals surface area contributed by atoms with E-state index in [1.165, 1.54) is 5.56 Å². The van der Waals surface area contributed by atoms with E-state index in [4.69, 9.17) is 5.73 Å². The molecule has 0 aromatic heterocycles. The van der Waals surface area contributed by atoms with Gasteiger partial charge in [-0.2, -0.15) is 0 Å². The Morgan fingerprint density at radius 2 is 2.00 bits per heavy atom. The Balaban J connectivity index is 2.75. The van der Waals surface area contributed by atoms with Crippen LogP contribution in [-0.2, 0) is 0 Å². The van der Waals surface area contributed by atoms with E-state index in [9.17, 15) is 5.11 Å². The maximum absolute atomic E-state index is 9.25. The normalized spacial score (nSPS) is 12.7. The van der Waals surface area contributed by atoms with Gasteiger partial charge in [0, 0.05) is 18.8 Å². The molecule has 0 saturated heterocycles. The highest BCUT2D eigenvalue weighted by Crippen LogP contribution is 2.30. The number of hydrogen-bond acceptors (Lipinski definition) is 2. The molecule has 124 valence electrons. The third-order valence-electron chi connectivity index (χ3n) is 4.55. The lowest BCUT2D eigenvalue weighted by molar-refractivity contribution is 0.175. The van der Waals surface area contributed by atoms with Gasteiger partial charge >= 0.3 is 0 Å². The Morgan fingerprint density at radius 3 is 2.55 bits per heavy atom. The number of hydrogen-bond donors (Lipinski definition) is 3. The van der Waals surface area contributed by atoms with Crippen LogP contribution in [0.3, 0.4) is 0 Å². The number of aliphatic hydroxyl groups excluding tert-OH is 1. The lowest BCUT2D eigenvalue weighted by atomic mass is 9.79. The maximum Gasteiger partial charge on any atom is 0.193 e. The van der Waals surface area contributed by atoms with E-state index in [0.29, 0.717) is 18.4 Å². The van der Waals surface area contributed by atoms with Gasteiger partial charge in [-0.3, -0.25) is 4.99 Å². The number of guanidine groups is 1. The minimum Gasteiger partial charge on any atom is -0.396 e. The van der Waals surface area contributed by atoms with Crippen molar-refractivity contribution < 1.29 is 5.11 Å². The predicted octanol–water partition coefficient (Wildman–Crippen LogP) is 3.73. The lowest BCUT2D eigenvalue weighted by Gasteiger charge is -2.29. The Labute approximate surface area is 134 Å². The van der Waals surface area contributed by atoms with E-state index in [2.05, 4.69) is 50.1 Å². The van der Waals surface area contributed by atoms with E-state index < -0.39 is 0 Å². The first-order valence-corrected chi connectivity index (χ1v) is 8.24. The SMILES string of the molecule is CCC(CC)(CCO)CN=C(N)Nc1cccc(C(C)C)c1. The summed E-state index contributed by atoms with van der Waals surface area (Å²) in [6, 6.07) is 8.24. The molecule has 0 fully saturated rings. The van der Waals surface area contributed by atoms with Crippen LogP contribution >= 0.6 is 0 Å². The fraction of sp³-hybridized carbons (Fsp3) is 0.611. The van der Waals surface area contributed by atoms with Gasteiger partial charge in [0.1, 0.15) is 0 Å². The van der Waals surface area contributed by atoms with E-state index >= 15 is 0 Å². The molecule has 4 N–H and O–H groups in total. The summed E-state index contributed by atoms with van der Waals surface area (Å²) in [7, 11) is 0. The molecule has 0 saturated carbocycles. The molecular formula is C18H31N3O. The topological polar surface area (TPSA) is 70.6 Å². The molecule has 0 unspecified atom stereocenters. The second-order valence-electron chi connectivity index (χ2n) is 6.29. The average molecular weight is 305 g/mol. The summed E-state index contributed by atoms with van der Waals surface area (Å²) >= 11 is 0. The molecule has 0 aliphatic heterocycles. The summed E-state index contributed by atoms with van der Waals surface area (Å²) < 4.78 is 0. The van der Waals surface area contributed by atoms with Crippen LogP contribution in [0, 0.1) is 5.41 Å². The number of rotatable bonds is 8. The number of anilines is 1. The monoisotopic (exact) mass is 305 g/mol. The first-order valence-electron chi connectivity index (χ1n) is 8.24. The summed E-state index contributed by atoms with van der Waals surface area (Å²) in [5.41, 5.74) is 8.30. The number of nitrogens with one attached hydrogen (secondary N) is 1. The molecule has 0 bridgehead atoms. The van der Waals surface area contributed by atoms with Crippen molar-refractivity contribution in [2.75, 3.05) is 18.5 Å². The molecular weight excluding hydrogens is 274 g/mol. The van der Waals surface area contributed by atoms with Crippen molar-refractivity contribution in [3.63, 3.8) is 0 Å². The molecule has 22 heavy (non-hydrogen) atoms. The van der Waals surface area contributed by atoms with Crippen LogP contribution in [0.5, 0.6) is 0 Å². The van der Waals surface area contributed by atoms with Crippen molar-refractivity contribution in [1.82, 2.24) is 0 Å².